The first-order chi connectivity index (χ1) is 16.8. The van der Waals surface area contributed by atoms with Gasteiger partial charge in [0.1, 0.15) is 5.00 Å². The number of nitrogens with zero attached hydrogens (tertiary/aromatic N) is 2. The Balaban J connectivity index is 1.25. The van der Waals surface area contributed by atoms with Crippen LogP contribution in [0, 0.1) is 18.8 Å². The summed E-state index contributed by atoms with van der Waals surface area (Å²) in [7, 11) is 1.85. The molecule has 2 aromatic rings. The average Bonchev–Trinajstić information content (AvgIpc) is 3.33. The van der Waals surface area contributed by atoms with Crippen LogP contribution in [0.15, 0.2) is 29.9 Å². The van der Waals surface area contributed by atoms with Gasteiger partial charge >= 0.3 is 6.09 Å². The Bertz CT molecular complexity index is 1150. The van der Waals surface area contributed by atoms with Gasteiger partial charge in [0.05, 0.1) is 30.2 Å². The van der Waals surface area contributed by atoms with Crippen LogP contribution >= 0.6 is 11.3 Å². The summed E-state index contributed by atoms with van der Waals surface area (Å²) in [6.07, 6.45) is 11.0. The number of anilines is 2. The number of nitrogens with two attached hydrogens (primary N) is 1. The van der Waals surface area contributed by atoms with Crippen molar-refractivity contribution >= 4 is 34.0 Å². The molecule has 4 rings (SSSR count). The zero-order valence-electron chi connectivity index (χ0n) is 20.7. The summed E-state index contributed by atoms with van der Waals surface area (Å²) < 4.78 is 7.23. The van der Waals surface area contributed by atoms with E-state index in [9.17, 15) is 9.59 Å². The summed E-state index contributed by atoms with van der Waals surface area (Å²) in [4.78, 5) is 26.0. The number of alkyl carbamates (subject to hydrolysis) is 1. The molecule has 0 radical (unpaired) electrons. The fourth-order valence-corrected chi connectivity index (χ4v) is 6.07. The zero-order valence-corrected chi connectivity index (χ0v) is 21.5. The van der Waals surface area contributed by atoms with Crippen molar-refractivity contribution in [1.82, 2.24) is 15.1 Å². The number of fused-ring (bicyclic) bond motifs is 1. The lowest BCUT2D eigenvalue weighted by molar-refractivity contribution is -0.116. The maximum atomic E-state index is 12.7. The molecule has 0 bridgehead atoms. The zero-order chi connectivity index (χ0) is 24.9. The molecule has 188 valence electrons. The molecule has 0 aromatic carbocycles. The number of aromatic nitrogens is 2. The van der Waals surface area contributed by atoms with Crippen LogP contribution in [-0.4, -0.2) is 28.4 Å². The summed E-state index contributed by atoms with van der Waals surface area (Å²) >= 11 is 1.55. The Morgan fingerprint density at radius 3 is 2.91 bits per heavy atom. The first kappa shape index (κ1) is 25.0. The van der Waals surface area contributed by atoms with Crippen LogP contribution in [-0.2, 0) is 36.0 Å². The van der Waals surface area contributed by atoms with E-state index in [1.54, 1.807) is 16.0 Å². The van der Waals surface area contributed by atoms with E-state index in [0.29, 0.717) is 25.3 Å². The van der Waals surface area contributed by atoms with E-state index >= 15 is 0 Å². The maximum absolute atomic E-state index is 12.7. The number of thiophene rings is 1. The number of rotatable bonds is 8. The Kier molecular flexibility index (Phi) is 7.95. The van der Waals surface area contributed by atoms with E-state index in [4.69, 9.17) is 10.5 Å². The monoisotopic (exact) mass is 497 g/mol. The van der Waals surface area contributed by atoms with Gasteiger partial charge in [0.2, 0.25) is 5.91 Å². The van der Waals surface area contributed by atoms with Crippen molar-refractivity contribution in [2.45, 2.75) is 58.9 Å². The van der Waals surface area contributed by atoms with Gasteiger partial charge in [-0.05, 0) is 62.5 Å². The van der Waals surface area contributed by atoms with E-state index in [1.165, 1.54) is 10.5 Å². The van der Waals surface area contributed by atoms with E-state index in [1.807, 2.05) is 20.0 Å². The van der Waals surface area contributed by atoms with Gasteiger partial charge in [-0.25, -0.2) is 4.79 Å². The van der Waals surface area contributed by atoms with Crippen molar-refractivity contribution in [3.05, 3.63) is 51.7 Å². The summed E-state index contributed by atoms with van der Waals surface area (Å²) in [6, 6.07) is 1.94. The molecule has 2 aromatic heterocycles. The van der Waals surface area contributed by atoms with E-state index < -0.39 is 6.09 Å². The number of amides is 2. The predicted molar refractivity (Wildman–Crippen MR) is 139 cm³/mol. The van der Waals surface area contributed by atoms with Crippen molar-refractivity contribution in [2.75, 3.05) is 17.7 Å². The van der Waals surface area contributed by atoms with Crippen molar-refractivity contribution in [3.63, 3.8) is 0 Å². The average molecular weight is 498 g/mol. The highest BCUT2D eigenvalue weighted by Crippen LogP contribution is 2.41. The third-order valence-corrected chi connectivity index (χ3v) is 7.98. The van der Waals surface area contributed by atoms with Crippen LogP contribution in [0.2, 0.25) is 0 Å². The standard InChI is InChI=1S/C26H35N5O3S/c1-16(19-7-5-4-6-8-19)11-23(32)29-25-24(27)21-10-9-18(13-22(21)35-25)15-34-26(33)28-14-20-12-17(2)30-31(20)3/h4-5,7,12,16,18H,6,8-11,13-15,27H2,1-3H3,(H,28,33)(H,29,32). The summed E-state index contributed by atoms with van der Waals surface area (Å²) in [5.41, 5.74) is 11.4. The fourth-order valence-electron chi connectivity index (χ4n) is 4.77. The van der Waals surface area contributed by atoms with Crippen molar-refractivity contribution in [2.24, 2.45) is 18.9 Å². The molecule has 2 amide bonds. The predicted octanol–water partition coefficient (Wildman–Crippen LogP) is 4.64. The Morgan fingerprint density at radius 1 is 1.37 bits per heavy atom. The molecular formula is C26H35N5O3S. The number of hydrogen-bond acceptors (Lipinski definition) is 6. The quantitative estimate of drug-likeness (QED) is 0.492. The summed E-state index contributed by atoms with van der Waals surface area (Å²) in [5.74, 6) is 0.448. The summed E-state index contributed by atoms with van der Waals surface area (Å²) in [6.45, 7) is 4.76. The molecule has 0 saturated heterocycles. The van der Waals surface area contributed by atoms with Crippen molar-refractivity contribution in [1.29, 1.82) is 0 Å². The molecule has 0 aliphatic heterocycles. The number of nitrogens with one attached hydrogen (secondary N) is 2. The normalized spacial score (nSPS) is 17.9. The first-order valence-corrected chi connectivity index (χ1v) is 13.1. The van der Waals surface area contributed by atoms with Crippen LogP contribution in [0.5, 0.6) is 0 Å². The SMILES string of the molecule is Cc1cc(CNC(=O)OCC2CCc3c(sc(NC(=O)CC(C)C4=CC=CCC4)c3N)C2)n(C)n1. The number of carbonyl (C=O) groups excluding carboxylic acids is 2. The lowest BCUT2D eigenvalue weighted by Crippen LogP contribution is -2.28. The minimum Gasteiger partial charge on any atom is -0.449 e. The highest BCUT2D eigenvalue weighted by atomic mass is 32.1. The van der Waals surface area contributed by atoms with Gasteiger partial charge in [-0.3, -0.25) is 9.48 Å². The number of aryl methyl sites for hydroxylation is 2. The molecule has 2 atom stereocenters. The molecule has 2 unspecified atom stereocenters. The van der Waals surface area contributed by atoms with Crippen molar-refractivity contribution in [3.8, 4) is 0 Å². The highest BCUT2D eigenvalue weighted by Gasteiger charge is 2.26. The van der Waals surface area contributed by atoms with Gasteiger partial charge in [-0.15, -0.1) is 11.3 Å². The number of ether oxygens (including phenoxy) is 1. The minimum atomic E-state index is -0.425. The fraction of sp³-hybridized carbons (Fsp3) is 0.500. The van der Waals surface area contributed by atoms with E-state index in [-0.39, 0.29) is 17.7 Å². The number of nitrogen functional groups attached to an aromatic ring is 1. The molecule has 0 spiro atoms. The molecule has 35 heavy (non-hydrogen) atoms. The van der Waals surface area contributed by atoms with Crippen LogP contribution in [0.1, 0.15) is 54.4 Å². The minimum absolute atomic E-state index is 0.00146. The lowest BCUT2D eigenvalue weighted by Gasteiger charge is -2.22. The molecule has 2 aliphatic rings. The van der Waals surface area contributed by atoms with Gasteiger partial charge in [-0.2, -0.15) is 5.10 Å². The Hall–Kier alpha value is -3.07. The summed E-state index contributed by atoms with van der Waals surface area (Å²) in [5, 5.41) is 10.9. The maximum Gasteiger partial charge on any atom is 0.407 e. The Morgan fingerprint density at radius 2 is 2.20 bits per heavy atom. The molecule has 2 heterocycles. The second-order valence-corrected chi connectivity index (χ2v) is 10.7. The van der Waals surface area contributed by atoms with Crippen LogP contribution in [0.4, 0.5) is 15.5 Å². The Labute approximate surface area is 210 Å². The van der Waals surface area contributed by atoms with Gasteiger partial charge in [-0.1, -0.05) is 30.7 Å². The second-order valence-electron chi connectivity index (χ2n) is 9.57. The van der Waals surface area contributed by atoms with E-state index in [2.05, 4.69) is 40.9 Å². The lowest BCUT2D eigenvalue weighted by atomic mass is 9.89. The topological polar surface area (TPSA) is 111 Å². The van der Waals surface area contributed by atoms with Gasteiger partial charge in [0, 0.05) is 18.3 Å². The molecule has 2 aliphatic carbocycles. The number of hydrogen-bond donors (Lipinski definition) is 3. The molecule has 9 heteroatoms. The van der Waals surface area contributed by atoms with E-state index in [0.717, 1.165) is 54.1 Å². The van der Waals surface area contributed by atoms with Crippen LogP contribution in [0.25, 0.3) is 0 Å². The van der Waals surface area contributed by atoms with Crippen molar-refractivity contribution < 1.29 is 14.3 Å². The molecule has 4 N–H and O–H groups in total. The second kappa shape index (κ2) is 11.1. The number of carbonyl (C=O) groups is 2. The smallest absolute Gasteiger partial charge is 0.407 e. The van der Waals surface area contributed by atoms with Gasteiger partial charge in [0.25, 0.3) is 0 Å². The molecule has 0 fully saturated rings. The molecule has 0 saturated carbocycles. The first-order valence-electron chi connectivity index (χ1n) is 12.3. The largest absolute Gasteiger partial charge is 0.449 e. The third kappa shape index (κ3) is 6.33. The molecular weight excluding hydrogens is 462 g/mol. The molecule has 8 nitrogen and oxygen atoms in total. The van der Waals surface area contributed by atoms with Gasteiger partial charge in [0.15, 0.2) is 0 Å². The van der Waals surface area contributed by atoms with Crippen LogP contribution in [0.3, 0.4) is 0 Å². The van der Waals surface area contributed by atoms with Gasteiger partial charge < -0.3 is 21.1 Å². The highest BCUT2D eigenvalue weighted by molar-refractivity contribution is 7.17. The third-order valence-electron chi connectivity index (χ3n) is 6.79. The van der Waals surface area contributed by atoms with Crippen LogP contribution < -0.4 is 16.4 Å². The number of allylic oxidation sites excluding steroid dienone is 4.